The predicted molar refractivity (Wildman–Crippen MR) is 125 cm³/mol. The maximum atomic E-state index is 13.4. The molecule has 1 aromatic heterocycles. The Morgan fingerprint density at radius 1 is 0.833 bits per heavy atom. The molecule has 0 radical (unpaired) electrons. The van der Waals surface area contributed by atoms with Gasteiger partial charge in [-0.2, -0.15) is 0 Å². The van der Waals surface area contributed by atoms with Gasteiger partial charge in [-0.05, 0) is 29.8 Å². The van der Waals surface area contributed by atoms with E-state index < -0.39 is 0 Å². The van der Waals surface area contributed by atoms with E-state index in [2.05, 4.69) is 5.32 Å². The van der Waals surface area contributed by atoms with Crippen LogP contribution in [-0.2, 0) is 0 Å². The molecule has 2 amide bonds. The molecule has 148 valence electrons. The quantitative estimate of drug-likeness (QED) is 0.275. The first-order valence-electron chi connectivity index (χ1n) is 9.37. The van der Waals surface area contributed by atoms with Gasteiger partial charge in [-0.25, -0.2) is 4.79 Å². The first kappa shape index (κ1) is 19.4. The fourth-order valence-electron chi connectivity index (χ4n) is 3.25. The molecule has 3 aromatic carbocycles. The summed E-state index contributed by atoms with van der Waals surface area (Å²) in [5, 5.41) is 12.8. The molecule has 0 fully saturated rings. The van der Waals surface area contributed by atoms with Crippen molar-refractivity contribution in [1.82, 2.24) is 0 Å². The van der Waals surface area contributed by atoms with Gasteiger partial charge in [0, 0.05) is 10.9 Å². The van der Waals surface area contributed by atoms with E-state index in [9.17, 15) is 4.79 Å². The zero-order valence-electron chi connectivity index (χ0n) is 16.1. The third kappa shape index (κ3) is 3.94. The predicted octanol–water partition coefficient (Wildman–Crippen LogP) is 6.07. The molecule has 0 aliphatic rings. The van der Waals surface area contributed by atoms with Gasteiger partial charge in [-0.3, -0.25) is 10.3 Å². The van der Waals surface area contributed by atoms with E-state index in [1.165, 1.54) is 11.3 Å². The molecule has 0 bridgehead atoms. The lowest BCUT2D eigenvalue weighted by Gasteiger charge is -2.23. The molecule has 1 heterocycles. The Labute approximate surface area is 178 Å². The zero-order valence-corrected chi connectivity index (χ0v) is 16.9. The smallest absolute Gasteiger partial charge is 0.330 e. The molecule has 0 saturated carbocycles. The molecule has 0 unspecified atom stereocenters. The van der Waals surface area contributed by atoms with Gasteiger partial charge in [-0.1, -0.05) is 66.7 Å². The number of carbonyl (C=O) groups excluding carboxylic acids is 1. The standard InChI is InChI=1S/C24H20N4OS/c25-23(26)22-21(17-10-4-1-5-11-17)20(16-30-22)27-24(29)28(18-12-6-2-7-13-18)19-14-8-3-9-15-19/h1-16H,(H3,25,26)(H,27,29). The fraction of sp³-hybridized carbons (Fsp3) is 0. The SMILES string of the molecule is N=C(N)c1scc(NC(=O)N(c2ccccc2)c2ccccc2)c1-c1ccccc1. The number of nitrogen functional groups attached to an aromatic ring is 1. The number of anilines is 3. The average Bonchev–Trinajstić information content (AvgIpc) is 3.20. The number of nitrogens with one attached hydrogen (secondary N) is 2. The van der Waals surface area contributed by atoms with Crippen molar-refractivity contribution in [3.05, 3.63) is 101 Å². The summed E-state index contributed by atoms with van der Waals surface area (Å²) in [6.45, 7) is 0. The van der Waals surface area contributed by atoms with Crippen LogP contribution in [0.3, 0.4) is 0 Å². The maximum Gasteiger partial charge on any atom is 0.330 e. The lowest BCUT2D eigenvalue weighted by atomic mass is 10.0. The average molecular weight is 413 g/mol. The highest BCUT2D eigenvalue weighted by Gasteiger charge is 2.22. The normalized spacial score (nSPS) is 10.4. The summed E-state index contributed by atoms with van der Waals surface area (Å²) in [5.41, 5.74) is 9.59. The van der Waals surface area contributed by atoms with E-state index in [0.29, 0.717) is 10.6 Å². The highest BCUT2D eigenvalue weighted by atomic mass is 32.1. The number of amidine groups is 1. The molecule has 0 atom stereocenters. The molecule has 0 aliphatic heterocycles. The van der Waals surface area contributed by atoms with Gasteiger partial charge in [-0.15, -0.1) is 11.3 Å². The molecule has 4 aromatic rings. The molecular weight excluding hydrogens is 392 g/mol. The van der Waals surface area contributed by atoms with Crippen LogP contribution in [0.15, 0.2) is 96.4 Å². The van der Waals surface area contributed by atoms with Crippen molar-refractivity contribution in [3.8, 4) is 11.1 Å². The van der Waals surface area contributed by atoms with Gasteiger partial charge in [0.15, 0.2) is 0 Å². The Balaban J connectivity index is 1.75. The van der Waals surface area contributed by atoms with Crippen molar-refractivity contribution in [1.29, 1.82) is 5.41 Å². The molecule has 6 heteroatoms. The fourth-order valence-corrected chi connectivity index (χ4v) is 4.13. The highest BCUT2D eigenvalue weighted by molar-refractivity contribution is 7.13. The van der Waals surface area contributed by atoms with Crippen molar-refractivity contribution in [3.63, 3.8) is 0 Å². The Kier molecular flexibility index (Phi) is 5.59. The number of benzene rings is 3. The maximum absolute atomic E-state index is 13.4. The van der Waals surface area contributed by atoms with Gasteiger partial charge in [0.25, 0.3) is 0 Å². The number of hydrogen-bond acceptors (Lipinski definition) is 3. The third-order valence-electron chi connectivity index (χ3n) is 4.57. The van der Waals surface area contributed by atoms with Crippen molar-refractivity contribution in [2.75, 3.05) is 10.2 Å². The summed E-state index contributed by atoms with van der Waals surface area (Å²) in [6, 6.07) is 28.3. The number of urea groups is 1. The number of nitrogens with zero attached hydrogens (tertiary/aromatic N) is 1. The minimum Gasteiger partial charge on any atom is -0.383 e. The van der Waals surface area contributed by atoms with Gasteiger partial charge in [0.05, 0.1) is 21.9 Å². The molecule has 0 spiro atoms. The van der Waals surface area contributed by atoms with Crippen LogP contribution < -0.4 is 16.0 Å². The van der Waals surface area contributed by atoms with Crippen LogP contribution in [0, 0.1) is 5.41 Å². The summed E-state index contributed by atoms with van der Waals surface area (Å²) in [7, 11) is 0. The Morgan fingerprint density at radius 3 is 1.83 bits per heavy atom. The molecular formula is C24H20N4OS. The topological polar surface area (TPSA) is 82.2 Å². The van der Waals surface area contributed by atoms with Gasteiger partial charge >= 0.3 is 6.03 Å². The monoisotopic (exact) mass is 412 g/mol. The second-order valence-corrected chi connectivity index (χ2v) is 7.45. The second-order valence-electron chi connectivity index (χ2n) is 6.57. The molecule has 0 aliphatic carbocycles. The van der Waals surface area contributed by atoms with E-state index in [1.54, 1.807) is 4.90 Å². The van der Waals surface area contributed by atoms with E-state index in [1.807, 2.05) is 96.4 Å². The summed E-state index contributed by atoms with van der Waals surface area (Å²) < 4.78 is 0. The summed E-state index contributed by atoms with van der Waals surface area (Å²) in [5.74, 6) is -0.0256. The van der Waals surface area contributed by atoms with Crippen molar-refractivity contribution in [2.24, 2.45) is 5.73 Å². The first-order chi connectivity index (χ1) is 14.6. The lowest BCUT2D eigenvalue weighted by Crippen LogP contribution is -2.30. The van der Waals surface area contributed by atoms with Gasteiger partial charge < -0.3 is 11.1 Å². The Hall–Kier alpha value is -3.90. The van der Waals surface area contributed by atoms with Crippen LogP contribution in [0.5, 0.6) is 0 Å². The van der Waals surface area contributed by atoms with Crippen LogP contribution in [0.2, 0.25) is 0 Å². The molecule has 30 heavy (non-hydrogen) atoms. The lowest BCUT2D eigenvalue weighted by molar-refractivity contribution is 0.259. The minimum absolute atomic E-state index is 0.0256. The number of amides is 2. The van der Waals surface area contributed by atoms with Gasteiger partial charge in [0.2, 0.25) is 0 Å². The van der Waals surface area contributed by atoms with Crippen LogP contribution in [0.25, 0.3) is 11.1 Å². The van der Waals surface area contributed by atoms with E-state index in [4.69, 9.17) is 11.1 Å². The van der Waals surface area contributed by atoms with Gasteiger partial charge in [0.1, 0.15) is 5.84 Å². The van der Waals surface area contributed by atoms with E-state index >= 15 is 0 Å². The van der Waals surface area contributed by atoms with E-state index in [0.717, 1.165) is 22.5 Å². The van der Waals surface area contributed by atoms with Crippen molar-refractivity contribution in [2.45, 2.75) is 0 Å². The van der Waals surface area contributed by atoms with Crippen LogP contribution in [-0.4, -0.2) is 11.9 Å². The summed E-state index contributed by atoms with van der Waals surface area (Å²) >= 11 is 1.34. The molecule has 4 N–H and O–H groups in total. The van der Waals surface area contributed by atoms with E-state index in [-0.39, 0.29) is 11.9 Å². The van der Waals surface area contributed by atoms with Crippen LogP contribution in [0.4, 0.5) is 21.9 Å². The largest absolute Gasteiger partial charge is 0.383 e. The summed E-state index contributed by atoms with van der Waals surface area (Å²) in [4.78, 5) is 15.7. The molecule has 0 saturated heterocycles. The number of thiophene rings is 1. The Bertz CT molecular complexity index is 1120. The number of nitrogens with two attached hydrogens (primary N) is 1. The first-order valence-corrected chi connectivity index (χ1v) is 10.3. The molecule has 4 rings (SSSR count). The number of hydrogen-bond donors (Lipinski definition) is 3. The minimum atomic E-state index is -0.294. The van der Waals surface area contributed by atoms with Crippen LogP contribution >= 0.6 is 11.3 Å². The zero-order chi connectivity index (χ0) is 20.9. The number of carbonyl (C=O) groups is 1. The highest BCUT2D eigenvalue weighted by Crippen LogP contribution is 2.37. The summed E-state index contributed by atoms with van der Waals surface area (Å²) in [6.07, 6.45) is 0. The number of para-hydroxylation sites is 2. The van der Waals surface area contributed by atoms with Crippen molar-refractivity contribution >= 4 is 40.3 Å². The Morgan fingerprint density at radius 2 is 1.33 bits per heavy atom. The second kappa shape index (κ2) is 8.63. The third-order valence-corrected chi connectivity index (χ3v) is 5.58. The number of rotatable bonds is 5. The van der Waals surface area contributed by atoms with Crippen LogP contribution in [0.1, 0.15) is 4.88 Å². The molecule has 5 nitrogen and oxygen atoms in total. The van der Waals surface area contributed by atoms with Crippen molar-refractivity contribution < 1.29 is 4.79 Å².